The van der Waals surface area contributed by atoms with Crippen LogP contribution in [0.3, 0.4) is 0 Å². The van der Waals surface area contributed by atoms with Crippen LogP contribution in [0.1, 0.15) is 29.3 Å². The minimum absolute atomic E-state index is 0.00400. The van der Waals surface area contributed by atoms with E-state index in [1.54, 1.807) is 11.8 Å². The van der Waals surface area contributed by atoms with E-state index < -0.39 is 35.9 Å². The minimum atomic E-state index is -1.56. The quantitative estimate of drug-likeness (QED) is 0.279. The highest BCUT2D eigenvalue weighted by Crippen LogP contribution is 2.34. The number of ether oxygens (including phenoxy) is 1. The van der Waals surface area contributed by atoms with Gasteiger partial charge >= 0.3 is 19.1 Å². The SMILES string of the molecule is CCC(N)(CN1CC(Oc2ccc(CCB(O)O)c(O)c2C(=O)O)C1)C(=O)O. The minimum Gasteiger partial charge on any atom is -0.507 e. The number of carbonyl (C=O) groups is 2. The van der Waals surface area contributed by atoms with Crippen molar-refractivity contribution < 1.29 is 39.7 Å². The molecule has 0 radical (unpaired) electrons. The van der Waals surface area contributed by atoms with Gasteiger partial charge < -0.3 is 35.8 Å². The molecular formula is C17H25BN2O8. The number of carboxylic acids is 2. The molecule has 0 bridgehead atoms. The molecule has 1 aliphatic heterocycles. The Balaban J connectivity index is 2.04. The monoisotopic (exact) mass is 396 g/mol. The standard InChI is InChI=1S/C17H25BN2O8/c1-2-17(19,16(24)25)9-20-7-11(8-20)28-12-4-3-10(5-6-18(26)27)14(21)13(12)15(22)23/h3-4,11,21,26-27H,2,5-9,19H2,1H3,(H,22,23)(H,24,25). The summed E-state index contributed by atoms with van der Waals surface area (Å²) in [6, 6.07) is 2.89. The third-order valence-corrected chi connectivity index (χ3v) is 4.89. The maximum Gasteiger partial charge on any atom is 0.451 e. The number of aromatic hydroxyl groups is 1. The van der Waals surface area contributed by atoms with Gasteiger partial charge in [0.15, 0.2) is 0 Å². The highest BCUT2D eigenvalue weighted by Gasteiger charge is 2.39. The Labute approximate surface area is 162 Å². The van der Waals surface area contributed by atoms with Crippen molar-refractivity contribution in [2.24, 2.45) is 5.73 Å². The van der Waals surface area contributed by atoms with E-state index in [-0.39, 0.29) is 43.1 Å². The van der Waals surface area contributed by atoms with E-state index in [9.17, 15) is 24.9 Å². The summed E-state index contributed by atoms with van der Waals surface area (Å²) in [4.78, 5) is 24.6. The fourth-order valence-electron chi connectivity index (χ4n) is 3.04. The molecule has 154 valence electrons. The molecule has 28 heavy (non-hydrogen) atoms. The molecule has 1 heterocycles. The number of nitrogens with zero attached hydrogens (tertiary/aromatic N) is 1. The molecule has 0 aliphatic carbocycles. The van der Waals surface area contributed by atoms with Gasteiger partial charge in [-0.15, -0.1) is 0 Å². The molecular weight excluding hydrogens is 371 g/mol. The van der Waals surface area contributed by atoms with E-state index in [1.165, 1.54) is 12.1 Å². The largest absolute Gasteiger partial charge is 0.507 e. The molecule has 1 aliphatic rings. The first-order valence-corrected chi connectivity index (χ1v) is 8.93. The second-order valence-electron chi connectivity index (χ2n) is 7.02. The van der Waals surface area contributed by atoms with Gasteiger partial charge in [-0.2, -0.15) is 0 Å². The van der Waals surface area contributed by atoms with Gasteiger partial charge in [0.2, 0.25) is 0 Å². The normalized spacial score (nSPS) is 16.9. The van der Waals surface area contributed by atoms with Crippen molar-refractivity contribution in [2.75, 3.05) is 19.6 Å². The van der Waals surface area contributed by atoms with E-state index >= 15 is 0 Å². The van der Waals surface area contributed by atoms with Crippen LogP contribution in [-0.2, 0) is 11.2 Å². The van der Waals surface area contributed by atoms with E-state index in [0.717, 1.165) is 0 Å². The van der Waals surface area contributed by atoms with Crippen LogP contribution in [0.15, 0.2) is 12.1 Å². The van der Waals surface area contributed by atoms with Crippen molar-refractivity contribution in [2.45, 2.75) is 37.7 Å². The van der Waals surface area contributed by atoms with Crippen LogP contribution in [0.4, 0.5) is 0 Å². The highest BCUT2D eigenvalue weighted by molar-refractivity contribution is 6.41. The van der Waals surface area contributed by atoms with Crippen LogP contribution in [0, 0.1) is 0 Å². The van der Waals surface area contributed by atoms with Gasteiger partial charge in [0.25, 0.3) is 0 Å². The fourth-order valence-corrected chi connectivity index (χ4v) is 3.04. The lowest BCUT2D eigenvalue weighted by atomic mass is 9.82. The van der Waals surface area contributed by atoms with Crippen molar-refractivity contribution in [1.82, 2.24) is 4.90 Å². The number of likely N-dealkylation sites (tertiary alicyclic amines) is 1. The van der Waals surface area contributed by atoms with E-state index in [2.05, 4.69) is 0 Å². The summed E-state index contributed by atoms with van der Waals surface area (Å²) >= 11 is 0. The van der Waals surface area contributed by atoms with Gasteiger partial charge in [0, 0.05) is 19.6 Å². The molecule has 0 saturated carbocycles. The van der Waals surface area contributed by atoms with Crippen LogP contribution >= 0.6 is 0 Å². The van der Waals surface area contributed by atoms with Crippen molar-refractivity contribution in [1.29, 1.82) is 0 Å². The van der Waals surface area contributed by atoms with Crippen LogP contribution < -0.4 is 10.5 Å². The zero-order chi connectivity index (χ0) is 21.1. The van der Waals surface area contributed by atoms with Crippen molar-refractivity contribution in [3.05, 3.63) is 23.3 Å². The van der Waals surface area contributed by atoms with Crippen LogP contribution in [0.5, 0.6) is 11.5 Å². The van der Waals surface area contributed by atoms with Gasteiger partial charge in [-0.25, -0.2) is 4.79 Å². The highest BCUT2D eigenvalue weighted by atomic mass is 16.5. The molecule has 7 N–H and O–H groups in total. The summed E-state index contributed by atoms with van der Waals surface area (Å²) in [6.45, 7) is 2.61. The predicted molar refractivity (Wildman–Crippen MR) is 99.5 cm³/mol. The number of nitrogens with two attached hydrogens (primary N) is 1. The number of aromatic carboxylic acids is 1. The first-order chi connectivity index (χ1) is 13.1. The summed E-state index contributed by atoms with van der Waals surface area (Å²) in [5.41, 5.74) is 4.39. The Hall–Kier alpha value is -2.34. The molecule has 1 saturated heterocycles. The molecule has 1 aromatic carbocycles. The Morgan fingerprint density at radius 1 is 1.32 bits per heavy atom. The average molecular weight is 396 g/mol. The maximum atomic E-state index is 11.6. The van der Waals surface area contributed by atoms with E-state index in [4.69, 9.17) is 20.5 Å². The number of aryl methyl sites for hydroxylation is 1. The number of phenols is 1. The summed E-state index contributed by atoms with van der Waals surface area (Å²) < 4.78 is 5.67. The second-order valence-corrected chi connectivity index (χ2v) is 7.02. The maximum absolute atomic E-state index is 11.6. The number of aliphatic carboxylic acids is 1. The molecule has 1 atom stereocenters. The van der Waals surface area contributed by atoms with Crippen LogP contribution in [0.25, 0.3) is 0 Å². The number of carboxylic acid groups (broad SMARTS) is 2. The van der Waals surface area contributed by atoms with E-state index in [0.29, 0.717) is 13.1 Å². The molecule has 11 heteroatoms. The van der Waals surface area contributed by atoms with Crippen LogP contribution in [0.2, 0.25) is 6.32 Å². The Bertz CT molecular complexity index is 738. The lowest BCUT2D eigenvalue weighted by Gasteiger charge is -2.42. The summed E-state index contributed by atoms with van der Waals surface area (Å²) in [7, 11) is -1.56. The lowest BCUT2D eigenvalue weighted by Crippen LogP contribution is -2.63. The average Bonchev–Trinajstić information content (AvgIpc) is 2.58. The van der Waals surface area contributed by atoms with Crippen LogP contribution in [-0.4, -0.2) is 80.6 Å². The first-order valence-electron chi connectivity index (χ1n) is 8.93. The smallest absolute Gasteiger partial charge is 0.451 e. The van der Waals surface area contributed by atoms with Crippen molar-refractivity contribution in [3.63, 3.8) is 0 Å². The second kappa shape index (κ2) is 8.78. The van der Waals surface area contributed by atoms with Gasteiger partial charge in [-0.05, 0) is 30.8 Å². The molecule has 0 amide bonds. The van der Waals surface area contributed by atoms with Crippen molar-refractivity contribution in [3.8, 4) is 11.5 Å². The molecule has 0 spiro atoms. The number of benzene rings is 1. The zero-order valence-corrected chi connectivity index (χ0v) is 15.5. The third kappa shape index (κ3) is 4.93. The van der Waals surface area contributed by atoms with E-state index in [1.807, 2.05) is 0 Å². The predicted octanol–water partition coefficient (Wildman–Crippen LogP) is -0.639. The number of hydrogen-bond donors (Lipinski definition) is 6. The molecule has 1 aromatic rings. The van der Waals surface area contributed by atoms with Gasteiger partial charge in [-0.3, -0.25) is 9.69 Å². The summed E-state index contributed by atoms with van der Waals surface area (Å²) in [6.07, 6.45) is -0.0542. The fraction of sp³-hybridized carbons (Fsp3) is 0.529. The molecule has 0 aromatic heterocycles. The Morgan fingerprint density at radius 2 is 1.96 bits per heavy atom. The first kappa shape index (κ1) is 22.0. The number of hydrogen-bond acceptors (Lipinski definition) is 8. The topological polar surface area (TPSA) is 174 Å². The van der Waals surface area contributed by atoms with Gasteiger partial charge in [0.1, 0.15) is 28.7 Å². The Kier molecular flexibility index (Phi) is 6.89. The van der Waals surface area contributed by atoms with Gasteiger partial charge in [0.05, 0.1) is 0 Å². The molecule has 1 unspecified atom stereocenters. The molecule has 10 nitrogen and oxygen atoms in total. The molecule has 1 fully saturated rings. The Morgan fingerprint density at radius 3 is 2.46 bits per heavy atom. The third-order valence-electron chi connectivity index (χ3n) is 4.89. The van der Waals surface area contributed by atoms with Gasteiger partial charge in [-0.1, -0.05) is 13.0 Å². The summed E-state index contributed by atoms with van der Waals surface area (Å²) in [5.74, 6) is -2.93. The number of rotatable bonds is 10. The summed E-state index contributed by atoms with van der Waals surface area (Å²) in [5, 5.41) is 46.8. The lowest BCUT2D eigenvalue weighted by molar-refractivity contribution is -0.145. The van der Waals surface area contributed by atoms with Crippen molar-refractivity contribution >= 4 is 19.1 Å². The zero-order valence-electron chi connectivity index (χ0n) is 15.5. The molecule has 2 rings (SSSR count).